The number of hydrogen-bond donors (Lipinski definition) is 1. The van der Waals surface area contributed by atoms with Crippen LogP contribution in [-0.2, 0) is 9.59 Å². The van der Waals surface area contributed by atoms with E-state index in [-0.39, 0.29) is 24.2 Å². The number of nitrogens with one attached hydrogen (secondary N) is 1. The van der Waals surface area contributed by atoms with Gasteiger partial charge in [-0.3, -0.25) is 34.3 Å². The molecule has 2 atom stereocenters. The van der Waals surface area contributed by atoms with E-state index >= 15 is 0 Å². The van der Waals surface area contributed by atoms with Gasteiger partial charge in [-0.2, -0.15) is 0 Å². The summed E-state index contributed by atoms with van der Waals surface area (Å²) < 4.78 is 0. The van der Waals surface area contributed by atoms with Gasteiger partial charge in [-0.25, -0.2) is 0 Å². The van der Waals surface area contributed by atoms with Crippen LogP contribution < -0.4 is 10.2 Å². The minimum Gasteiger partial charge on any atom is -0.368 e. The lowest BCUT2D eigenvalue weighted by Gasteiger charge is -2.46. The molecule has 8 nitrogen and oxygen atoms in total. The maximum Gasteiger partial charge on any atom is 0.264 e. The van der Waals surface area contributed by atoms with Crippen molar-refractivity contribution in [1.82, 2.24) is 15.1 Å². The minimum atomic E-state index is -0.947. The number of piperidine rings is 1. The second kappa shape index (κ2) is 7.19. The Morgan fingerprint density at radius 3 is 2.43 bits per heavy atom. The molecule has 2 saturated heterocycles. The number of fused-ring (bicyclic) bond motifs is 1. The zero-order valence-corrected chi connectivity index (χ0v) is 17.9. The Labute approximate surface area is 176 Å². The summed E-state index contributed by atoms with van der Waals surface area (Å²) in [6, 6.07) is 4.65. The number of carbonyl (C=O) groups excluding carboxylic acids is 4. The molecule has 3 aliphatic rings. The quantitative estimate of drug-likeness (QED) is 0.736. The topological polar surface area (TPSA) is 90.0 Å². The lowest BCUT2D eigenvalue weighted by molar-refractivity contribution is -0.136. The third-order valence-electron chi connectivity index (χ3n) is 6.43. The molecule has 0 aliphatic carbocycles. The van der Waals surface area contributed by atoms with Gasteiger partial charge >= 0.3 is 0 Å². The Kier molecular flexibility index (Phi) is 4.92. The lowest BCUT2D eigenvalue weighted by Crippen LogP contribution is -2.57. The van der Waals surface area contributed by atoms with Crippen molar-refractivity contribution in [2.75, 3.05) is 31.6 Å². The van der Waals surface area contributed by atoms with Crippen LogP contribution in [0.1, 0.15) is 54.3 Å². The molecule has 4 rings (SSSR count). The number of benzene rings is 1. The first-order valence-electron chi connectivity index (χ1n) is 10.4. The summed E-state index contributed by atoms with van der Waals surface area (Å²) >= 11 is 0. The molecule has 3 heterocycles. The van der Waals surface area contributed by atoms with Crippen molar-refractivity contribution in [2.24, 2.45) is 5.41 Å². The molecule has 4 amide bonds. The van der Waals surface area contributed by atoms with Crippen molar-refractivity contribution in [2.45, 2.75) is 45.7 Å². The lowest BCUT2D eigenvalue weighted by atomic mass is 9.84. The van der Waals surface area contributed by atoms with Crippen molar-refractivity contribution in [3.8, 4) is 0 Å². The molecule has 2 unspecified atom stereocenters. The summed E-state index contributed by atoms with van der Waals surface area (Å²) in [5.41, 5.74) is 1.49. The molecule has 0 aromatic heterocycles. The number of anilines is 1. The number of nitrogens with zero attached hydrogens (tertiary/aromatic N) is 3. The normalized spacial score (nSPS) is 25.6. The van der Waals surface area contributed by atoms with Crippen molar-refractivity contribution in [3.05, 3.63) is 29.3 Å². The first kappa shape index (κ1) is 20.5. The molecular formula is C22H28N4O4. The van der Waals surface area contributed by atoms with E-state index in [0.29, 0.717) is 17.2 Å². The monoisotopic (exact) mass is 412 g/mol. The highest BCUT2D eigenvalue weighted by Gasteiger charge is 2.46. The highest BCUT2D eigenvalue weighted by atomic mass is 16.2. The fraction of sp³-hybridized carbons (Fsp3) is 0.545. The van der Waals surface area contributed by atoms with Crippen molar-refractivity contribution < 1.29 is 19.2 Å². The molecule has 160 valence electrons. The predicted octanol–water partition coefficient (Wildman–Crippen LogP) is 1.25. The zero-order chi connectivity index (χ0) is 21.8. The number of imide groups is 2. The molecule has 3 aliphatic heterocycles. The van der Waals surface area contributed by atoms with Crippen LogP contribution in [0.2, 0.25) is 0 Å². The Morgan fingerprint density at radius 2 is 1.77 bits per heavy atom. The van der Waals surface area contributed by atoms with Crippen molar-refractivity contribution in [3.63, 3.8) is 0 Å². The molecule has 0 bridgehead atoms. The molecule has 2 fully saturated rings. The molecule has 0 spiro atoms. The second-order valence-electron chi connectivity index (χ2n) is 9.46. The van der Waals surface area contributed by atoms with Gasteiger partial charge in [0.2, 0.25) is 11.8 Å². The largest absolute Gasteiger partial charge is 0.368 e. The van der Waals surface area contributed by atoms with E-state index in [9.17, 15) is 19.2 Å². The van der Waals surface area contributed by atoms with Crippen LogP contribution in [-0.4, -0.2) is 72.2 Å². The van der Waals surface area contributed by atoms with E-state index < -0.39 is 23.8 Å². The average molecular weight is 412 g/mol. The maximum absolute atomic E-state index is 13.3. The van der Waals surface area contributed by atoms with Gasteiger partial charge in [0.05, 0.1) is 16.8 Å². The van der Waals surface area contributed by atoms with Gasteiger partial charge in [0.15, 0.2) is 0 Å². The van der Waals surface area contributed by atoms with E-state index in [1.807, 2.05) is 6.07 Å². The number of rotatable bonds is 2. The number of carbonyl (C=O) groups is 4. The SMILES string of the molecule is CN1CCN(c2cccc3c2C(=O)N(C2CCC(=O)NC2=O)C3=O)CC1C(C)(C)C. The summed E-state index contributed by atoms with van der Waals surface area (Å²) in [6.07, 6.45) is 0.272. The van der Waals surface area contributed by atoms with E-state index in [0.717, 1.165) is 30.2 Å². The highest BCUT2D eigenvalue weighted by Crippen LogP contribution is 2.36. The Bertz CT molecular complexity index is 936. The van der Waals surface area contributed by atoms with Crippen LogP contribution in [0.15, 0.2) is 18.2 Å². The van der Waals surface area contributed by atoms with Crippen LogP contribution in [0.25, 0.3) is 0 Å². The van der Waals surface area contributed by atoms with Gasteiger partial charge in [-0.15, -0.1) is 0 Å². The van der Waals surface area contributed by atoms with Gasteiger partial charge in [0, 0.05) is 32.1 Å². The predicted molar refractivity (Wildman–Crippen MR) is 111 cm³/mol. The maximum atomic E-state index is 13.3. The van der Waals surface area contributed by atoms with Crippen LogP contribution in [0.5, 0.6) is 0 Å². The van der Waals surface area contributed by atoms with Crippen molar-refractivity contribution >= 4 is 29.3 Å². The van der Waals surface area contributed by atoms with Gasteiger partial charge in [0.1, 0.15) is 6.04 Å². The van der Waals surface area contributed by atoms with E-state index in [1.165, 1.54) is 0 Å². The van der Waals surface area contributed by atoms with Gasteiger partial charge in [0.25, 0.3) is 11.8 Å². The van der Waals surface area contributed by atoms with E-state index in [1.54, 1.807) is 12.1 Å². The van der Waals surface area contributed by atoms with Crippen molar-refractivity contribution in [1.29, 1.82) is 0 Å². The molecule has 1 aromatic carbocycles. The Hall–Kier alpha value is -2.74. The fourth-order valence-corrected chi connectivity index (χ4v) is 4.79. The molecular weight excluding hydrogens is 384 g/mol. The molecule has 30 heavy (non-hydrogen) atoms. The van der Waals surface area contributed by atoms with Gasteiger partial charge < -0.3 is 4.90 Å². The molecule has 1 N–H and O–H groups in total. The summed E-state index contributed by atoms with van der Waals surface area (Å²) in [4.78, 5) is 55.7. The van der Waals surface area contributed by atoms with E-state index in [4.69, 9.17) is 0 Å². The zero-order valence-electron chi connectivity index (χ0n) is 17.9. The third-order valence-corrected chi connectivity index (χ3v) is 6.43. The number of amides is 4. The summed E-state index contributed by atoms with van der Waals surface area (Å²) in [7, 11) is 2.11. The van der Waals surface area contributed by atoms with Gasteiger partial charge in [-0.05, 0) is 31.0 Å². The van der Waals surface area contributed by atoms with Crippen LogP contribution in [0.3, 0.4) is 0 Å². The highest BCUT2D eigenvalue weighted by molar-refractivity contribution is 6.25. The van der Waals surface area contributed by atoms with Gasteiger partial charge in [-0.1, -0.05) is 26.8 Å². The fourth-order valence-electron chi connectivity index (χ4n) is 4.79. The van der Waals surface area contributed by atoms with Crippen LogP contribution in [0.4, 0.5) is 5.69 Å². The first-order chi connectivity index (χ1) is 14.1. The third kappa shape index (κ3) is 3.29. The Morgan fingerprint density at radius 1 is 1.03 bits per heavy atom. The summed E-state index contributed by atoms with van der Waals surface area (Å²) in [6.45, 7) is 8.95. The minimum absolute atomic E-state index is 0.0595. The standard InChI is InChI=1S/C22H28N4O4/c1-22(2,3)16-12-25(11-10-24(16)4)14-7-5-6-13-18(14)21(30)26(20(13)29)15-8-9-17(27)23-19(15)28/h5-7,15-16H,8-12H2,1-4H3,(H,23,27,28). The van der Waals surface area contributed by atoms with Crippen LogP contribution in [0, 0.1) is 5.41 Å². The average Bonchev–Trinajstić information content (AvgIpc) is 2.92. The molecule has 0 saturated carbocycles. The number of hydrogen-bond acceptors (Lipinski definition) is 6. The molecule has 1 aromatic rings. The molecule has 8 heteroatoms. The van der Waals surface area contributed by atoms with Crippen LogP contribution >= 0.6 is 0 Å². The van der Waals surface area contributed by atoms with E-state index in [2.05, 4.69) is 42.9 Å². The Balaban J connectivity index is 1.67. The number of piperazine rings is 1. The summed E-state index contributed by atoms with van der Waals surface area (Å²) in [5.74, 6) is -1.88. The summed E-state index contributed by atoms with van der Waals surface area (Å²) in [5, 5.41) is 2.24. The smallest absolute Gasteiger partial charge is 0.264 e. The first-order valence-corrected chi connectivity index (χ1v) is 10.4. The number of likely N-dealkylation sites (N-methyl/N-ethyl adjacent to an activating group) is 1. The second-order valence-corrected chi connectivity index (χ2v) is 9.46. The molecule has 0 radical (unpaired) electrons.